The maximum atomic E-state index is 12.8. The number of carboxylic acid groups (broad SMARTS) is 1. The molecule has 0 fully saturated rings. The molecule has 0 aromatic heterocycles. The van der Waals surface area contributed by atoms with E-state index in [0.29, 0.717) is 12.1 Å². The third kappa shape index (κ3) is 4.55. The molecule has 0 radical (unpaired) electrons. The molecule has 0 heterocycles. The number of carbonyl (C=O) groups excluding carboxylic acids is 2. The van der Waals surface area contributed by atoms with Gasteiger partial charge in [0.1, 0.15) is 0 Å². The number of alkyl halides is 6. The van der Waals surface area contributed by atoms with Crippen LogP contribution in [0.15, 0.2) is 30.4 Å². The van der Waals surface area contributed by atoms with Gasteiger partial charge in [-0.15, -0.1) is 0 Å². The molecule has 1 N–H and O–H groups in total. The molecule has 0 saturated heterocycles. The van der Waals surface area contributed by atoms with E-state index < -0.39 is 52.9 Å². The highest BCUT2D eigenvalue weighted by Gasteiger charge is 2.37. The second kappa shape index (κ2) is 7.00. The monoisotopic (exact) mass is 380 g/mol. The molecule has 0 unspecified atom stereocenters. The molecule has 26 heavy (non-hydrogen) atoms. The van der Waals surface area contributed by atoms with Gasteiger partial charge in [0, 0.05) is 17.6 Å². The van der Waals surface area contributed by atoms with Gasteiger partial charge in [-0.25, -0.2) is 0 Å². The highest BCUT2D eigenvalue weighted by Crippen LogP contribution is 2.38. The summed E-state index contributed by atoms with van der Waals surface area (Å²) in [5, 5.41) is 13.0. The predicted molar refractivity (Wildman–Crippen MR) is 75.4 cm³/mol. The third-order valence-electron chi connectivity index (χ3n) is 3.93. The maximum Gasteiger partial charge on any atom is 0.416 e. The van der Waals surface area contributed by atoms with Gasteiger partial charge in [-0.1, -0.05) is 12.2 Å². The van der Waals surface area contributed by atoms with Crippen LogP contribution >= 0.6 is 0 Å². The van der Waals surface area contributed by atoms with Crippen LogP contribution in [-0.4, -0.2) is 11.9 Å². The molecule has 1 aliphatic rings. The van der Waals surface area contributed by atoms with Crippen molar-refractivity contribution in [1.29, 1.82) is 0 Å². The number of halogens is 6. The Bertz CT molecular complexity index is 706. The molecule has 10 heteroatoms. The molecule has 1 aromatic carbocycles. The lowest BCUT2D eigenvalue weighted by molar-refractivity contribution is -0.313. The number of allylic oxidation sites excluding steroid dienone is 2. The number of hydrogen-bond acceptors (Lipinski definition) is 3. The molecule has 0 aliphatic heterocycles. The number of carbonyl (C=O) groups is 2. The lowest BCUT2D eigenvalue weighted by Crippen LogP contribution is -2.41. The molecule has 2 rings (SSSR count). The van der Waals surface area contributed by atoms with Gasteiger partial charge in [0.05, 0.1) is 17.0 Å². The SMILES string of the molecule is O=C([O-])[C@H]1CC=CC[C@@H]1C(=O)Nc1cc(C(F)(F)F)cc(C(F)(F)F)c1. The first kappa shape index (κ1) is 19.8. The molecule has 0 saturated carbocycles. The van der Waals surface area contributed by atoms with E-state index in [2.05, 4.69) is 0 Å². The van der Waals surface area contributed by atoms with E-state index in [1.165, 1.54) is 12.2 Å². The second-order valence-electron chi connectivity index (χ2n) is 5.76. The van der Waals surface area contributed by atoms with Gasteiger partial charge in [-0.05, 0) is 31.0 Å². The Morgan fingerprint density at radius 2 is 1.35 bits per heavy atom. The van der Waals surface area contributed by atoms with E-state index in [9.17, 15) is 41.0 Å². The van der Waals surface area contributed by atoms with Gasteiger partial charge >= 0.3 is 12.4 Å². The molecular formula is C16H12F6NO3-. The zero-order chi connectivity index (χ0) is 19.7. The Kier molecular flexibility index (Phi) is 5.33. The molecule has 1 amide bonds. The van der Waals surface area contributed by atoms with E-state index in [1.54, 1.807) is 0 Å². The number of carboxylic acids is 1. The first-order valence-electron chi connectivity index (χ1n) is 7.36. The number of nitrogens with one attached hydrogen (secondary N) is 1. The van der Waals surface area contributed by atoms with Crippen LogP contribution in [-0.2, 0) is 21.9 Å². The maximum absolute atomic E-state index is 12.8. The molecule has 1 aliphatic carbocycles. The fourth-order valence-corrected chi connectivity index (χ4v) is 2.63. The largest absolute Gasteiger partial charge is 0.550 e. The van der Waals surface area contributed by atoms with Gasteiger partial charge in [0.25, 0.3) is 0 Å². The number of hydrogen-bond donors (Lipinski definition) is 1. The molecule has 4 nitrogen and oxygen atoms in total. The summed E-state index contributed by atoms with van der Waals surface area (Å²) in [5.41, 5.74) is -3.88. The van der Waals surface area contributed by atoms with Gasteiger partial charge < -0.3 is 15.2 Å². The van der Waals surface area contributed by atoms with Crippen molar-refractivity contribution in [3.05, 3.63) is 41.5 Å². The number of amides is 1. The Labute approximate surface area is 143 Å². The summed E-state index contributed by atoms with van der Waals surface area (Å²) in [5.74, 6) is -4.88. The topological polar surface area (TPSA) is 69.2 Å². The van der Waals surface area contributed by atoms with Gasteiger partial charge in [-0.3, -0.25) is 4.79 Å². The van der Waals surface area contributed by atoms with Crippen LogP contribution in [0, 0.1) is 11.8 Å². The average Bonchev–Trinajstić information content (AvgIpc) is 2.52. The highest BCUT2D eigenvalue weighted by atomic mass is 19.4. The van der Waals surface area contributed by atoms with E-state index in [1.807, 2.05) is 5.32 Å². The zero-order valence-corrected chi connectivity index (χ0v) is 12.9. The molecular weight excluding hydrogens is 368 g/mol. The number of anilines is 1. The van der Waals surface area contributed by atoms with Crippen LogP contribution in [0.4, 0.5) is 32.0 Å². The van der Waals surface area contributed by atoms with E-state index in [0.717, 1.165) is 0 Å². The summed E-state index contributed by atoms with van der Waals surface area (Å²) in [4.78, 5) is 23.3. The van der Waals surface area contributed by atoms with Crippen LogP contribution < -0.4 is 10.4 Å². The zero-order valence-electron chi connectivity index (χ0n) is 12.9. The van der Waals surface area contributed by atoms with Crippen LogP contribution in [0.5, 0.6) is 0 Å². The molecule has 0 bridgehead atoms. The third-order valence-corrected chi connectivity index (χ3v) is 3.93. The minimum atomic E-state index is -5.05. The molecule has 142 valence electrons. The Hall–Kier alpha value is -2.52. The van der Waals surface area contributed by atoms with Crippen LogP contribution in [0.25, 0.3) is 0 Å². The van der Waals surface area contributed by atoms with E-state index in [4.69, 9.17) is 0 Å². The van der Waals surface area contributed by atoms with Crippen molar-refractivity contribution in [2.24, 2.45) is 11.8 Å². The smallest absolute Gasteiger partial charge is 0.416 e. The number of rotatable bonds is 3. The van der Waals surface area contributed by atoms with Crippen LogP contribution in [0.3, 0.4) is 0 Å². The normalized spacial score (nSPS) is 20.7. The second-order valence-corrected chi connectivity index (χ2v) is 5.76. The lowest BCUT2D eigenvalue weighted by Gasteiger charge is -2.28. The number of aliphatic carboxylic acids is 1. The quantitative estimate of drug-likeness (QED) is 0.648. The van der Waals surface area contributed by atoms with Crippen molar-refractivity contribution in [3.8, 4) is 0 Å². The van der Waals surface area contributed by atoms with Crippen LogP contribution in [0.1, 0.15) is 24.0 Å². The predicted octanol–water partition coefficient (Wildman–Crippen LogP) is 3.00. The van der Waals surface area contributed by atoms with Crippen molar-refractivity contribution in [1.82, 2.24) is 0 Å². The fourth-order valence-electron chi connectivity index (χ4n) is 2.63. The van der Waals surface area contributed by atoms with Gasteiger partial charge in [0.2, 0.25) is 5.91 Å². The summed E-state index contributed by atoms with van der Waals surface area (Å²) in [6, 6.07) is 0.655. The van der Waals surface area contributed by atoms with E-state index in [-0.39, 0.29) is 18.9 Å². The Balaban J connectivity index is 2.34. The van der Waals surface area contributed by atoms with Crippen molar-refractivity contribution in [2.75, 3.05) is 5.32 Å². The minimum absolute atomic E-state index is 0.0171. The minimum Gasteiger partial charge on any atom is -0.550 e. The van der Waals surface area contributed by atoms with Crippen LogP contribution in [0.2, 0.25) is 0 Å². The fraction of sp³-hybridized carbons (Fsp3) is 0.375. The summed E-state index contributed by atoms with van der Waals surface area (Å²) < 4.78 is 76.9. The molecule has 2 atom stereocenters. The Morgan fingerprint density at radius 1 is 0.885 bits per heavy atom. The Morgan fingerprint density at radius 3 is 1.77 bits per heavy atom. The first-order valence-corrected chi connectivity index (χ1v) is 7.36. The summed E-state index contributed by atoms with van der Waals surface area (Å²) in [6.45, 7) is 0. The standard InChI is InChI=1S/C16H13F6NO3/c17-15(18,19)8-5-9(16(20,21)22)7-10(6-8)23-13(24)11-3-1-2-4-12(11)14(25)26/h1-2,5-7,11-12H,3-4H2,(H,23,24)(H,25,26)/p-1/t11-,12-/m0/s1. The van der Waals surface area contributed by atoms with Crippen molar-refractivity contribution < 1.29 is 41.0 Å². The first-order chi connectivity index (χ1) is 11.9. The molecule has 1 aromatic rings. The summed E-state index contributed by atoms with van der Waals surface area (Å²) >= 11 is 0. The van der Waals surface area contributed by atoms with Crippen molar-refractivity contribution in [3.63, 3.8) is 0 Å². The summed E-state index contributed by atoms with van der Waals surface area (Å²) in [7, 11) is 0. The summed E-state index contributed by atoms with van der Waals surface area (Å²) in [6.07, 6.45) is -7.12. The van der Waals surface area contributed by atoms with Crippen molar-refractivity contribution >= 4 is 17.6 Å². The number of benzene rings is 1. The highest BCUT2D eigenvalue weighted by molar-refractivity contribution is 5.95. The molecule has 0 spiro atoms. The van der Waals surface area contributed by atoms with Gasteiger partial charge in [0.15, 0.2) is 0 Å². The average molecular weight is 380 g/mol. The van der Waals surface area contributed by atoms with Gasteiger partial charge in [-0.2, -0.15) is 26.3 Å². The van der Waals surface area contributed by atoms with E-state index >= 15 is 0 Å². The van der Waals surface area contributed by atoms with Crippen molar-refractivity contribution in [2.45, 2.75) is 25.2 Å². The lowest BCUT2D eigenvalue weighted by atomic mass is 9.82.